The second-order valence-corrected chi connectivity index (χ2v) is 6.59. The quantitative estimate of drug-likeness (QED) is 0.725. The number of carbonyl (C=O) groups excluding carboxylic acids is 1. The minimum Gasteiger partial charge on any atom is -0.317 e. The van der Waals surface area contributed by atoms with Crippen molar-refractivity contribution in [3.05, 3.63) is 45.5 Å². The Labute approximate surface area is 142 Å². The molecule has 7 heteroatoms. The predicted molar refractivity (Wildman–Crippen MR) is 93.0 cm³/mol. The molecule has 0 atom stereocenters. The monoisotopic (exact) mass is 348 g/mol. The molecule has 0 radical (unpaired) electrons. The molecule has 0 aliphatic rings. The number of aryl methyl sites for hydroxylation is 3. The standard InChI is InChI=1S/C16H17ClN4OS/c1-4-20-13-7-6-11(17)9-14(13)23-16(20)18-15(22)12-8-10(3)21(5-2)19-12/h6-9H,4-5H2,1-3H3. The van der Waals surface area contributed by atoms with Gasteiger partial charge in [0.1, 0.15) is 0 Å². The van der Waals surface area contributed by atoms with Gasteiger partial charge in [-0.3, -0.25) is 9.48 Å². The fourth-order valence-corrected chi connectivity index (χ4v) is 3.89. The van der Waals surface area contributed by atoms with Crippen molar-refractivity contribution in [1.82, 2.24) is 14.3 Å². The first kappa shape index (κ1) is 16.0. The van der Waals surface area contributed by atoms with Gasteiger partial charge in [0, 0.05) is 23.8 Å². The highest BCUT2D eigenvalue weighted by molar-refractivity contribution is 7.16. The number of hydrogen-bond donors (Lipinski definition) is 0. The van der Waals surface area contributed by atoms with E-state index in [2.05, 4.69) is 10.1 Å². The lowest BCUT2D eigenvalue weighted by atomic mass is 10.3. The van der Waals surface area contributed by atoms with E-state index in [4.69, 9.17) is 11.6 Å². The van der Waals surface area contributed by atoms with Crippen molar-refractivity contribution >= 4 is 39.1 Å². The van der Waals surface area contributed by atoms with E-state index in [0.29, 0.717) is 15.5 Å². The van der Waals surface area contributed by atoms with Gasteiger partial charge >= 0.3 is 0 Å². The van der Waals surface area contributed by atoms with Gasteiger partial charge in [-0.05, 0) is 45.0 Å². The third-order valence-electron chi connectivity index (χ3n) is 3.66. The molecular formula is C16H17ClN4OS. The fourth-order valence-electron chi connectivity index (χ4n) is 2.52. The second kappa shape index (κ2) is 6.29. The summed E-state index contributed by atoms with van der Waals surface area (Å²) in [5, 5.41) is 4.97. The molecule has 0 unspecified atom stereocenters. The number of nitrogens with zero attached hydrogens (tertiary/aromatic N) is 4. The molecule has 0 bridgehead atoms. The summed E-state index contributed by atoms with van der Waals surface area (Å²) in [6.45, 7) is 7.42. The highest BCUT2D eigenvalue weighted by Crippen LogP contribution is 2.21. The van der Waals surface area contributed by atoms with Gasteiger partial charge in [0.15, 0.2) is 10.5 Å². The summed E-state index contributed by atoms with van der Waals surface area (Å²) >= 11 is 7.51. The van der Waals surface area contributed by atoms with E-state index in [0.717, 1.165) is 29.0 Å². The van der Waals surface area contributed by atoms with Crippen LogP contribution >= 0.6 is 22.9 Å². The fraction of sp³-hybridized carbons (Fsp3) is 0.312. The maximum atomic E-state index is 12.4. The van der Waals surface area contributed by atoms with Crippen molar-refractivity contribution in [2.75, 3.05) is 0 Å². The van der Waals surface area contributed by atoms with Gasteiger partial charge < -0.3 is 4.57 Å². The zero-order valence-corrected chi connectivity index (χ0v) is 14.8. The lowest BCUT2D eigenvalue weighted by Gasteiger charge is -1.99. The predicted octanol–water partition coefficient (Wildman–Crippen LogP) is 3.64. The number of amides is 1. The molecule has 1 amide bonds. The first-order valence-electron chi connectivity index (χ1n) is 7.46. The van der Waals surface area contributed by atoms with Gasteiger partial charge in [0.25, 0.3) is 5.91 Å². The number of thiazole rings is 1. The summed E-state index contributed by atoms with van der Waals surface area (Å²) in [6.07, 6.45) is 0. The van der Waals surface area contributed by atoms with Crippen molar-refractivity contribution in [2.45, 2.75) is 33.9 Å². The molecule has 3 aromatic rings. The minimum atomic E-state index is -0.319. The average Bonchev–Trinajstić information content (AvgIpc) is 3.06. The van der Waals surface area contributed by atoms with Gasteiger partial charge in [-0.1, -0.05) is 22.9 Å². The molecule has 0 fully saturated rings. The zero-order valence-electron chi connectivity index (χ0n) is 13.2. The van der Waals surface area contributed by atoms with Gasteiger partial charge in [-0.15, -0.1) is 0 Å². The molecule has 0 spiro atoms. The molecule has 3 rings (SSSR count). The number of hydrogen-bond acceptors (Lipinski definition) is 3. The van der Waals surface area contributed by atoms with Crippen LogP contribution < -0.4 is 4.80 Å². The van der Waals surface area contributed by atoms with Crippen molar-refractivity contribution in [1.29, 1.82) is 0 Å². The smallest absolute Gasteiger partial charge is 0.300 e. The van der Waals surface area contributed by atoms with E-state index in [1.54, 1.807) is 10.7 Å². The summed E-state index contributed by atoms with van der Waals surface area (Å²) in [7, 11) is 0. The Morgan fingerprint density at radius 2 is 2.09 bits per heavy atom. The Hall–Kier alpha value is -1.92. The van der Waals surface area contributed by atoms with Crippen LogP contribution in [0.15, 0.2) is 29.3 Å². The minimum absolute atomic E-state index is 0.319. The number of carbonyl (C=O) groups is 1. The van der Waals surface area contributed by atoms with E-state index in [9.17, 15) is 4.79 Å². The molecule has 2 aromatic heterocycles. The molecule has 23 heavy (non-hydrogen) atoms. The third kappa shape index (κ3) is 2.96. The van der Waals surface area contributed by atoms with E-state index in [1.807, 2.05) is 43.5 Å². The van der Waals surface area contributed by atoms with Gasteiger partial charge in [-0.25, -0.2) is 0 Å². The summed E-state index contributed by atoms with van der Waals surface area (Å²) in [6, 6.07) is 7.47. The average molecular weight is 349 g/mol. The van der Waals surface area contributed by atoms with Crippen molar-refractivity contribution < 1.29 is 4.79 Å². The zero-order chi connectivity index (χ0) is 16.6. The van der Waals surface area contributed by atoms with E-state index in [1.165, 1.54) is 11.3 Å². The van der Waals surface area contributed by atoms with Crippen LogP contribution in [0.2, 0.25) is 5.02 Å². The lowest BCUT2D eigenvalue weighted by Crippen LogP contribution is -2.16. The molecular weight excluding hydrogens is 332 g/mol. The number of rotatable bonds is 3. The molecule has 0 saturated heterocycles. The second-order valence-electron chi connectivity index (χ2n) is 5.14. The van der Waals surface area contributed by atoms with Crippen molar-refractivity contribution in [3.63, 3.8) is 0 Å². The Morgan fingerprint density at radius 1 is 1.30 bits per heavy atom. The Bertz CT molecular complexity index is 951. The summed E-state index contributed by atoms with van der Waals surface area (Å²) in [5.74, 6) is -0.319. The van der Waals surface area contributed by atoms with Crippen LogP contribution in [0.4, 0.5) is 0 Å². The van der Waals surface area contributed by atoms with Gasteiger partial charge in [0.05, 0.1) is 10.2 Å². The molecule has 0 aliphatic heterocycles. The summed E-state index contributed by atoms with van der Waals surface area (Å²) in [5.41, 5.74) is 2.36. The van der Waals surface area contributed by atoms with Crippen molar-refractivity contribution in [3.8, 4) is 0 Å². The van der Waals surface area contributed by atoms with E-state index >= 15 is 0 Å². The maximum absolute atomic E-state index is 12.4. The summed E-state index contributed by atoms with van der Waals surface area (Å²) < 4.78 is 4.82. The largest absolute Gasteiger partial charge is 0.317 e. The molecule has 0 N–H and O–H groups in total. The number of halogens is 1. The van der Waals surface area contributed by atoms with Gasteiger partial charge in [0.2, 0.25) is 0 Å². The van der Waals surface area contributed by atoms with E-state index in [-0.39, 0.29) is 5.91 Å². The normalized spacial score (nSPS) is 12.3. The van der Waals surface area contributed by atoms with E-state index < -0.39 is 0 Å². The third-order valence-corrected chi connectivity index (χ3v) is 4.93. The van der Waals surface area contributed by atoms with Crippen LogP contribution in [0.25, 0.3) is 10.2 Å². The Kier molecular flexibility index (Phi) is 4.37. The van der Waals surface area contributed by atoms with Crippen LogP contribution in [0.3, 0.4) is 0 Å². The highest BCUT2D eigenvalue weighted by atomic mass is 35.5. The highest BCUT2D eigenvalue weighted by Gasteiger charge is 2.12. The van der Waals surface area contributed by atoms with Crippen LogP contribution in [0, 0.1) is 6.92 Å². The molecule has 0 aliphatic carbocycles. The van der Waals surface area contributed by atoms with Gasteiger partial charge in [-0.2, -0.15) is 10.1 Å². The number of fused-ring (bicyclic) bond motifs is 1. The number of aromatic nitrogens is 3. The van der Waals surface area contributed by atoms with Crippen LogP contribution in [-0.4, -0.2) is 20.3 Å². The molecule has 2 heterocycles. The molecule has 1 aromatic carbocycles. The van der Waals surface area contributed by atoms with Crippen LogP contribution in [0.5, 0.6) is 0 Å². The lowest BCUT2D eigenvalue weighted by molar-refractivity contribution is 0.0992. The molecule has 0 saturated carbocycles. The topological polar surface area (TPSA) is 52.2 Å². The SMILES string of the molecule is CCn1nc(C(=O)N=c2sc3cc(Cl)ccc3n2CC)cc1C. The maximum Gasteiger partial charge on any atom is 0.300 e. The Morgan fingerprint density at radius 3 is 2.74 bits per heavy atom. The first-order chi connectivity index (χ1) is 11.0. The molecule has 5 nitrogen and oxygen atoms in total. The first-order valence-corrected chi connectivity index (χ1v) is 8.65. The van der Waals surface area contributed by atoms with Crippen LogP contribution in [0.1, 0.15) is 30.0 Å². The summed E-state index contributed by atoms with van der Waals surface area (Å²) in [4.78, 5) is 17.4. The molecule has 120 valence electrons. The number of benzene rings is 1. The Balaban J connectivity index is 2.10. The van der Waals surface area contributed by atoms with Crippen LogP contribution in [-0.2, 0) is 13.1 Å². The van der Waals surface area contributed by atoms with Crippen molar-refractivity contribution in [2.24, 2.45) is 4.99 Å².